The lowest BCUT2D eigenvalue weighted by Gasteiger charge is -2.40. The second-order valence-corrected chi connectivity index (χ2v) is 9.08. The van der Waals surface area contributed by atoms with Gasteiger partial charge in [0.15, 0.2) is 0 Å². The smallest absolute Gasteiger partial charge is 0.475 e. The second kappa shape index (κ2) is 11.9. The number of nitrogens with one attached hydrogen (secondary N) is 1. The van der Waals surface area contributed by atoms with Crippen LogP contribution in [0.4, 0.5) is 23.7 Å². The number of urea groups is 1. The number of para-hydroxylation sites is 1. The number of nitrogens with zero attached hydrogens (tertiary/aromatic N) is 3. The molecule has 12 heteroatoms. The number of halogens is 3. The highest BCUT2D eigenvalue weighted by atomic mass is 19.4. The highest BCUT2D eigenvalue weighted by Crippen LogP contribution is 2.45. The summed E-state index contributed by atoms with van der Waals surface area (Å²) >= 11 is 0. The van der Waals surface area contributed by atoms with E-state index in [1.165, 1.54) is 0 Å². The zero-order chi connectivity index (χ0) is 26.3. The summed E-state index contributed by atoms with van der Waals surface area (Å²) in [4.78, 5) is 41.7. The number of carboxylic acid groups (broad SMARTS) is 1. The molecule has 2 atom stereocenters. The number of fused-ring (bicyclic) bond motifs is 1. The predicted molar refractivity (Wildman–Crippen MR) is 125 cm³/mol. The van der Waals surface area contributed by atoms with Gasteiger partial charge in [-0.3, -0.25) is 9.69 Å². The van der Waals surface area contributed by atoms with Crippen molar-refractivity contribution in [3.05, 3.63) is 30.3 Å². The number of carbonyl (C=O) groups excluding carboxylic acids is 2. The van der Waals surface area contributed by atoms with Crippen LogP contribution in [-0.2, 0) is 14.3 Å². The van der Waals surface area contributed by atoms with Gasteiger partial charge in [-0.2, -0.15) is 13.2 Å². The third-order valence-corrected chi connectivity index (χ3v) is 7.11. The van der Waals surface area contributed by atoms with Crippen LogP contribution in [0.5, 0.6) is 0 Å². The number of alkyl halides is 3. The minimum Gasteiger partial charge on any atom is -0.475 e. The van der Waals surface area contributed by atoms with Crippen LogP contribution in [-0.4, -0.2) is 102 Å². The van der Waals surface area contributed by atoms with Gasteiger partial charge in [-0.05, 0) is 44.5 Å². The fourth-order valence-corrected chi connectivity index (χ4v) is 5.23. The molecule has 0 spiro atoms. The van der Waals surface area contributed by atoms with E-state index in [0.29, 0.717) is 39.4 Å². The first-order valence-electron chi connectivity index (χ1n) is 12.1. The minimum absolute atomic E-state index is 0.0757. The molecule has 0 aliphatic carbocycles. The van der Waals surface area contributed by atoms with E-state index in [-0.39, 0.29) is 23.4 Å². The number of hydrogen-bond donors (Lipinski definition) is 2. The summed E-state index contributed by atoms with van der Waals surface area (Å²) in [5, 5.41) is 10.1. The van der Waals surface area contributed by atoms with Gasteiger partial charge in [0.2, 0.25) is 5.91 Å². The van der Waals surface area contributed by atoms with E-state index >= 15 is 0 Å². The van der Waals surface area contributed by atoms with Crippen molar-refractivity contribution in [1.29, 1.82) is 0 Å². The first-order valence-corrected chi connectivity index (χ1v) is 12.1. The van der Waals surface area contributed by atoms with Gasteiger partial charge in [-0.1, -0.05) is 25.1 Å². The molecule has 0 radical (unpaired) electrons. The Bertz CT molecular complexity index is 911. The van der Waals surface area contributed by atoms with Crippen molar-refractivity contribution in [2.45, 2.75) is 38.4 Å². The number of anilines is 1. The van der Waals surface area contributed by atoms with Gasteiger partial charge in [-0.25, -0.2) is 9.59 Å². The number of aliphatic carboxylic acids is 1. The molecule has 0 aromatic heterocycles. The van der Waals surface area contributed by atoms with Gasteiger partial charge in [0.05, 0.1) is 18.6 Å². The quantitative estimate of drug-likeness (QED) is 0.643. The maximum absolute atomic E-state index is 13.7. The molecule has 3 amide bonds. The Kier molecular flexibility index (Phi) is 9.18. The fourth-order valence-electron chi connectivity index (χ4n) is 5.23. The number of rotatable bonds is 3. The zero-order valence-corrected chi connectivity index (χ0v) is 20.3. The normalized spacial score (nSPS) is 24.7. The monoisotopic (exact) mass is 514 g/mol. The summed E-state index contributed by atoms with van der Waals surface area (Å²) in [6.07, 6.45) is -2.63. The van der Waals surface area contributed by atoms with E-state index in [0.717, 1.165) is 38.0 Å². The standard InChI is InChI=1S/C22H32N4O3.C2HF3O2/c1-2-24-12-9-22(20(27)25-14-16-29-17-15-25)10-13-26(11-8-19(22)24)21(28)23-18-6-4-3-5-7-18;3-2(4,5)1(6)7/h3-7,19H,2,8-17H2,1H3,(H,23,28);(H,6,7)/t19-,22-;/m1./s1. The highest BCUT2D eigenvalue weighted by molar-refractivity contribution is 5.89. The third kappa shape index (κ3) is 6.47. The van der Waals surface area contributed by atoms with Crippen molar-refractivity contribution in [2.24, 2.45) is 5.41 Å². The first-order chi connectivity index (χ1) is 17.1. The van der Waals surface area contributed by atoms with E-state index in [9.17, 15) is 22.8 Å². The molecule has 36 heavy (non-hydrogen) atoms. The molecule has 200 valence electrons. The lowest BCUT2D eigenvalue weighted by Crippen LogP contribution is -2.53. The predicted octanol–water partition coefficient (Wildman–Crippen LogP) is 2.89. The highest BCUT2D eigenvalue weighted by Gasteiger charge is 2.54. The number of likely N-dealkylation sites (tertiary alicyclic amines) is 2. The molecule has 4 rings (SSSR count). The van der Waals surface area contributed by atoms with Crippen molar-refractivity contribution in [3.8, 4) is 0 Å². The molecule has 0 unspecified atom stereocenters. The summed E-state index contributed by atoms with van der Waals surface area (Å²) in [6.45, 7) is 7.97. The van der Waals surface area contributed by atoms with Gasteiger partial charge >= 0.3 is 18.2 Å². The van der Waals surface area contributed by atoms with Crippen LogP contribution in [0.25, 0.3) is 0 Å². The average Bonchev–Trinajstić information content (AvgIpc) is 3.11. The van der Waals surface area contributed by atoms with Crippen LogP contribution in [0, 0.1) is 5.41 Å². The SMILES string of the molecule is CCN1CC[C@@]2(C(=O)N3CCOCC3)CCN(C(=O)Nc3ccccc3)CC[C@@H]12.O=C(O)C(F)(F)F. The molecule has 9 nitrogen and oxygen atoms in total. The van der Waals surface area contributed by atoms with Crippen LogP contribution in [0.1, 0.15) is 26.2 Å². The van der Waals surface area contributed by atoms with Crippen molar-refractivity contribution in [1.82, 2.24) is 14.7 Å². The molecule has 2 N–H and O–H groups in total. The molecule has 3 saturated heterocycles. The molecule has 0 saturated carbocycles. The lowest BCUT2D eigenvalue weighted by atomic mass is 9.75. The van der Waals surface area contributed by atoms with Crippen LogP contribution >= 0.6 is 0 Å². The summed E-state index contributed by atoms with van der Waals surface area (Å²) in [6, 6.07) is 9.68. The number of carbonyl (C=O) groups is 3. The van der Waals surface area contributed by atoms with E-state index in [1.807, 2.05) is 40.1 Å². The van der Waals surface area contributed by atoms with Gasteiger partial charge < -0.3 is 25.0 Å². The largest absolute Gasteiger partial charge is 0.490 e. The topological polar surface area (TPSA) is 102 Å². The number of benzene rings is 1. The molecular weight excluding hydrogens is 481 g/mol. The van der Waals surface area contributed by atoms with Gasteiger partial charge in [-0.15, -0.1) is 0 Å². The molecule has 1 aromatic rings. The van der Waals surface area contributed by atoms with Crippen LogP contribution in [0.15, 0.2) is 30.3 Å². The van der Waals surface area contributed by atoms with Crippen molar-refractivity contribution >= 4 is 23.6 Å². The Balaban J connectivity index is 0.000000454. The molecule has 0 bridgehead atoms. The van der Waals surface area contributed by atoms with Crippen molar-refractivity contribution < 1.29 is 37.4 Å². The molecular formula is C24H33F3N4O5. The molecule has 3 aliphatic rings. The summed E-state index contributed by atoms with van der Waals surface area (Å²) in [7, 11) is 0. The van der Waals surface area contributed by atoms with E-state index in [4.69, 9.17) is 14.6 Å². The van der Waals surface area contributed by atoms with Crippen LogP contribution < -0.4 is 5.32 Å². The fraction of sp³-hybridized carbons (Fsp3) is 0.625. The molecule has 3 fully saturated rings. The van der Waals surface area contributed by atoms with Gasteiger partial charge in [0.25, 0.3) is 0 Å². The summed E-state index contributed by atoms with van der Waals surface area (Å²) < 4.78 is 37.2. The molecule has 3 heterocycles. The maximum Gasteiger partial charge on any atom is 0.490 e. The maximum atomic E-state index is 13.7. The number of amides is 3. The zero-order valence-electron chi connectivity index (χ0n) is 20.3. The Labute approximate surface area is 208 Å². The molecule has 3 aliphatic heterocycles. The minimum atomic E-state index is -5.08. The van der Waals surface area contributed by atoms with Gasteiger partial charge in [0.1, 0.15) is 0 Å². The number of morpholine rings is 1. The van der Waals surface area contributed by atoms with E-state index in [1.54, 1.807) is 0 Å². The van der Waals surface area contributed by atoms with Crippen LogP contribution in [0.2, 0.25) is 0 Å². The third-order valence-electron chi connectivity index (χ3n) is 7.11. The number of ether oxygens (including phenoxy) is 1. The Morgan fingerprint density at radius 2 is 1.64 bits per heavy atom. The Morgan fingerprint density at radius 3 is 2.22 bits per heavy atom. The Hall–Kier alpha value is -2.86. The van der Waals surface area contributed by atoms with E-state index in [2.05, 4.69) is 17.1 Å². The van der Waals surface area contributed by atoms with Crippen LogP contribution in [0.3, 0.4) is 0 Å². The number of carboxylic acids is 1. The number of hydrogen-bond acceptors (Lipinski definition) is 5. The summed E-state index contributed by atoms with van der Waals surface area (Å²) in [5.41, 5.74) is 0.422. The lowest BCUT2D eigenvalue weighted by molar-refractivity contribution is -0.192. The van der Waals surface area contributed by atoms with E-state index < -0.39 is 12.1 Å². The molecule has 1 aromatic carbocycles. The van der Waals surface area contributed by atoms with Crippen molar-refractivity contribution in [2.75, 3.05) is 57.8 Å². The average molecular weight is 515 g/mol. The Morgan fingerprint density at radius 1 is 1.03 bits per heavy atom. The first kappa shape index (κ1) is 27.7. The van der Waals surface area contributed by atoms with Crippen molar-refractivity contribution in [3.63, 3.8) is 0 Å². The second-order valence-electron chi connectivity index (χ2n) is 9.08. The van der Waals surface area contributed by atoms with Gasteiger partial charge in [0, 0.05) is 37.9 Å². The summed E-state index contributed by atoms with van der Waals surface area (Å²) in [5.74, 6) is -2.49.